The number of hydrogen-bond donors (Lipinski definition) is 1. The van der Waals surface area contributed by atoms with Crippen LogP contribution in [0.1, 0.15) is 33.1 Å². The molecule has 80 valence electrons. The van der Waals surface area contributed by atoms with Gasteiger partial charge in [-0.05, 0) is 60.7 Å². The van der Waals surface area contributed by atoms with Crippen molar-refractivity contribution in [2.75, 3.05) is 6.61 Å². The Morgan fingerprint density at radius 2 is 1.86 bits per heavy atom. The number of hydrogen-bond acceptors (Lipinski definition) is 1. The molecule has 0 heterocycles. The molecule has 0 spiro atoms. The minimum Gasteiger partial charge on any atom is -0.396 e. The van der Waals surface area contributed by atoms with Gasteiger partial charge >= 0.3 is 0 Å². The molecule has 1 N–H and O–H groups in total. The van der Waals surface area contributed by atoms with Gasteiger partial charge in [0, 0.05) is 6.61 Å². The van der Waals surface area contributed by atoms with E-state index >= 15 is 0 Å². The Balaban J connectivity index is 1.84. The van der Waals surface area contributed by atoms with E-state index in [1.165, 1.54) is 19.3 Å². The Labute approximate surface area is 86.9 Å². The first-order valence-corrected chi connectivity index (χ1v) is 6.33. The highest BCUT2D eigenvalue weighted by atomic mass is 16.3. The van der Waals surface area contributed by atoms with Gasteiger partial charge in [-0.3, -0.25) is 0 Å². The lowest BCUT2D eigenvalue weighted by molar-refractivity contribution is 0.110. The van der Waals surface area contributed by atoms with Crippen LogP contribution in [0.25, 0.3) is 0 Å². The molecule has 0 aromatic carbocycles. The summed E-state index contributed by atoms with van der Waals surface area (Å²) in [5.41, 5.74) is 0. The molecule has 3 rings (SSSR count). The maximum atomic E-state index is 9.34. The standard InChI is InChI=1S/C13H22O/c1-7-3-12-11-5-9(4-10(11)6-14)13(12)8(7)2/h7-14H,3-6H2,1-2H3. The summed E-state index contributed by atoms with van der Waals surface area (Å²) in [6, 6.07) is 0. The van der Waals surface area contributed by atoms with Crippen molar-refractivity contribution in [1.29, 1.82) is 0 Å². The lowest BCUT2D eigenvalue weighted by Crippen LogP contribution is -2.28. The molecular weight excluding hydrogens is 172 g/mol. The van der Waals surface area contributed by atoms with Gasteiger partial charge in [-0.25, -0.2) is 0 Å². The first-order chi connectivity index (χ1) is 6.72. The molecule has 0 aliphatic heterocycles. The molecule has 3 fully saturated rings. The van der Waals surface area contributed by atoms with Gasteiger partial charge in [-0.15, -0.1) is 0 Å². The van der Waals surface area contributed by atoms with Crippen molar-refractivity contribution in [2.45, 2.75) is 33.1 Å². The summed E-state index contributed by atoms with van der Waals surface area (Å²) in [5, 5.41) is 9.34. The number of aliphatic hydroxyl groups excluding tert-OH is 1. The summed E-state index contributed by atoms with van der Waals surface area (Å²) < 4.78 is 0. The Hall–Kier alpha value is -0.0400. The normalized spacial score (nSPS) is 60.6. The van der Waals surface area contributed by atoms with Gasteiger partial charge in [0.25, 0.3) is 0 Å². The van der Waals surface area contributed by atoms with Gasteiger partial charge < -0.3 is 5.11 Å². The third kappa shape index (κ3) is 0.997. The van der Waals surface area contributed by atoms with Crippen molar-refractivity contribution in [1.82, 2.24) is 0 Å². The Kier molecular flexibility index (Phi) is 1.96. The summed E-state index contributed by atoms with van der Waals surface area (Å²) in [5.74, 6) is 6.43. The van der Waals surface area contributed by atoms with E-state index in [2.05, 4.69) is 13.8 Å². The molecule has 3 aliphatic carbocycles. The molecule has 14 heavy (non-hydrogen) atoms. The first-order valence-electron chi connectivity index (χ1n) is 6.33. The molecular formula is C13H22O. The molecule has 0 amide bonds. The van der Waals surface area contributed by atoms with E-state index in [0.29, 0.717) is 12.5 Å². The van der Waals surface area contributed by atoms with E-state index in [9.17, 15) is 5.11 Å². The fourth-order valence-corrected chi connectivity index (χ4v) is 5.06. The Morgan fingerprint density at radius 1 is 1.07 bits per heavy atom. The molecule has 3 saturated carbocycles. The highest BCUT2D eigenvalue weighted by Gasteiger charge is 2.57. The van der Waals surface area contributed by atoms with Crippen molar-refractivity contribution < 1.29 is 5.11 Å². The van der Waals surface area contributed by atoms with Gasteiger partial charge in [-0.2, -0.15) is 0 Å². The molecule has 0 aromatic rings. The monoisotopic (exact) mass is 194 g/mol. The summed E-state index contributed by atoms with van der Waals surface area (Å²) in [7, 11) is 0. The van der Waals surface area contributed by atoms with Gasteiger partial charge in [-0.1, -0.05) is 13.8 Å². The smallest absolute Gasteiger partial charge is 0.0462 e. The van der Waals surface area contributed by atoms with Crippen LogP contribution in [0.4, 0.5) is 0 Å². The third-order valence-corrected chi connectivity index (χ3v) is 5.76. The highest BCUT2D eigenvalue weighted by Crippen LogP contribution is 2.63. The van der Waals surface area contributed by atoms with Crippen LogP contribution in [-0.4, -0.2) is 11.7 Å². The summed E-state index contributed by atoms with van der Waals surface area (Å²) >= 11 is 0. The third-order valence-electron chi connectivity index (χ3n) is 5.76. The molecule has 7 unspecified atom stereocenters. The lowest BCUT2D eigenvalue weighted by Gasteiger charge is -2.32. The maximum absolute atomic E-state index is 9.34. The van der Waals surface area contributed by atoms with E-state index in [0.717, 1.165) is 35.5 Å². The fraction of sp³-hybridized carbons (Fsp3) is 1.00. The second-order valence-electron chi connectivity index (χ2n) is 6.15. The van der Waals surface area contributed by atoms with Crippen molar-refractivity contribution in [3.05, 3.63) is 0 Å². The van der Waals surface area contributed by atoms with Crippen LogP contribution < -0.4 is 0 Å². The fourth-order valence-electron chi connectivity index (χ4n) is 5.06. The average Bonchev–Trinajstić information content (AvgIpc) is 2.79. The minimum absolute atomic E-state index is 0.452. The van der Waals surface area contributed by atoms with E-state index in [-0.39, 0.29) is 0 Å². The zero-order valence-electron chi connectivity index (χ0n) is 9.32. The Morgan fingerprint density at radius 3 is 2.57 bits per heavy atom. The average molecular weight is 194 g/mol. The lowest BCUT2D eigenvalue weighted by atomic mass is 9.74. The van der Waals surface area contributed by atoms with Crippen LogP contribution in [0.5, 0.6) is 0 Å². The zero-order chi connectivity index (χ0) is 9.87. The van der Waals surface area contributed by atoms with Gasteiger partial charge in [0.15, 0.2) is 0 Å². The molecule has 1 nitrogen and oxygen atoms in total. The van der Waals surface area contributed by atoms with E-state index in [4.69, 9.17) is 0 Å². The predicted octanol–water partition coefficient (Wildman–Crippen LogP) is 2.54. The summed E-state index contributed by atoms with van der Waals surface area (Å²) in [6.07, 6.45) is 4.22. The van der Waals surface area contributed by atoms with Gasteiger partial charge in [0.2, 0.25) is 0 Å². The number of rotatable bonds is 1. The zero-order valence-corrected chi connectivity index (χ0v) is 9.32. The topological polar surface area (TPSA) is 20.2 Å². The maximum Gasteiger partial charge on any atom is 0.0462 e. The molecule has 7 atom stereocenters. The molecule has 0 aromatic heterocycles. The van der Waals surface area contributed by atoms with Gasteiger partial charge in [0.1, 0.15) is 0 Å². The molecule has 2 bridgehead atoms. The number of fused-ring (bicyclic) bond motifs is 5. The van der Waals surface area contributed by atoms with Crippen LogP contribution in [0.2, 0.25) is 0 Å². The second kappa shape index (κ2) is 2.98. The quantitative estimate of drug-likeness (QED) is 0.680. The minimum atomic E-state index is 0.452. The summed E-state index contributed by atoms with van der Waals surface area (Å²) in [6.45, 7) is 5.34. The first kappa shape index (κ1) is 9.21. The number of aliphatic hydroxyl groups is 1. The van der Waals surface area contributed by atoms with Crippen LogP contribution in [0, 0.1) is 41.4 Å². The van der Waals surface area contributed by atoms with Crippen LogP contribution in [-0.2, 0) is 0 Å². The van der Waals surface area contributed by atoms with Crippen molar-refractivity contribution >= 4 is 0 Å². The summed E-state index contributed by atoms with van der Waals surface area (Å²) in [4.78, 5) is 0. The molecule has 0 saturated heterocycles. The van der Waals surface area contributed by atoms with Crippen molar-refractivity contribution in [2.24, 2.45) is 41.4 Å². The van der Waals surface area contributed by atoms with Gasteiger partial charge in [0.05, 0.1) is 0 Å². The van der Waals surface area contributed by atoms with E-state index in [1.54, 1.807) is 0 Å². The SMILES string of the molecule is CC1CC2C3CC(CC3CO)C2C1C. The van der Waals surface area contributed by atoms with E-state index in [1.807, 2.05) is 0 Å². The largest absolute Gasteiger partial charge is 0.396 e. The van der Waals surface area contributed by atoms with Crippen LogP contribution in [0.3, 0.4) is 0 Å². The van der Waals surface area contributed by atoms with Crippen LogP contribution in [0.15, 0.2) is 0 Å². The second-order valence-corrected chi connectivity index (χ2v) is 6.15. The molecule has 3 aliphatic rings. The van der Waals surface area contributed by atoms with Crippen molar-refractivity contribution in [3.63, 3.8) is 0 Å². The van der Waals surface area contributed by atoms with Crippen molar-refractivity contribution in [3.8, 4) is 0 Å². The molecule has 1 heteroatoms. The Bertz CT molecular complexity index is 235. The van der Waals surface area contributed by atoms with Crippen LogP contribution >= 0.6 is 0 Å². The predicted molar refractivity (Wildman–Crippen MR) is 56.7 cm³/mol. The van der Waals surface area contributed by atoms with E-state index < -0.39 is 0 Å². The molecule has 0 radical (unpaired) electrons. The highest BCUT2D eigenvalue weighted by molar-refractivity contribution is 5.06.